The Hall–Kier alpha value is -1.37. The largest absolute Gasteiger partial charge is 0.497 e. The third-order valence-corrected chi connectivity index (χ3v) is 4.09. The minimum Gasteiger partial charge on any atom is -0.497 e. The van der Waals surface area contributed by atoms with Crippen molar-refractivity contribution in [3.8, 4) is 5.75 Å². The van der Waals surface area contributed by atoms with Gasteiger partial charge in [-0.25, -0.2) is 4.98 Å². The normalized spacial score (nSPS) is 10.6. The number of halogens is 1. The number of nitrogens with zero attached hydrogens (tertiary/aromatic N) is 1. The van der Waals surface area contributed by atoms with Gasteiger partial charge < -0.3 is 9.72 Å². The standard InChI is InChI=1S/C15H17IN2O2/c1-3-5-12-14(16)15(19)18-13(17-12)9-10-6-4-7-11(8-10)20-2/h4,6-8H,3,5,9H2,1-2H3,(H,17,18,19). The fourth-order valence-corrected chi connectivity index (χ4v) is 2.54. The first kappa shape index (κ1) is 15.0. The van der Waals surface area contributed by atoms with Crippen LogP contribution in [0.5, 0.6) is 5.75 Å². The number of aromatic amines is 1. The summed E-state index contributed by atoms with van der Waals surface area (Å²) in [5, 5.41) is 0. The van der Waals surface area contributed by atoms with Crippen LogP contribution >= 0.6 is 22.6 Å². The molecule has 0 aliphatic rings. The van der Waals surface area contributed by atoms with Crippen LogP contribution in [0.3, 0.4) is 0 Å². The topological polar surface area (TPSA) is 55.0 Å². The number of aromatic nitrogens is 2. The van der Waals surface area contributed by atoms with E-state index >= 15 is 0 Å². The molecule has 0 saturated carbocycles. The Labute approximate surface area is 131 Å². The monoisotopic (exact) mass is 384 g/mol. The zero-order chi connectivity index (χ0) is 14.5. The predicted octanol–water partition coefficient (Wildman–Crippen LogP) is 2.93. The van der Waals surface area contributed by atoms with Crippen LogP contribution in [-0.2, 0) is 12.8 Å². The van der Waals surface area contributed by atoms with Crippen LogP contribution in [-0.4, -0.2) is 17.1 Å². The molecule has 0 saturated heterocycles. The number of H-pyrrole nitrogens is 1. The molecule has 0 atom stereocenters. The molecular weight excluding hydrogens is 367 g/mol. The first-order valence-electron chi connectivity index (χ1n) is 6.54. The van der Waals surface area contributed by atoms with Gasteiger partial charge in [0.2, 0.25) is 0 Å². The number of rotatable bonds is 5. The van der Waals surface area contributed by atoms with E-state index in [2.05, 4.69) is 39.5 Å². The van der Waals surface area contributed by atoms with Gasteiger partial charge in [0.1, 0.15) is 11.6 Å². The Morgan fingerprint density at radius 3 is 2.90 bits per heavy atom. The molecular formula is C15H17IN2O2. The fraction of sp³-hybridized carbons (Fsp3) is 0.333. The molecule has 0 unspecified atom stereocenters. The molecule has 2 aromatic rings. The van der Waals surface area contributed by atoms with Crippen molar-refractivity contribution in [2.24, 2.45) is 0 Å². The van der Waals surface area contributed by atoms with Crippen molar-refractivity contribution in [1.82, 2.24) is 9.97 Å². The minimum absolute atomic E-state index is 0.0538. The molecule has 1 heterocycles. The second kappa shape index (κ2) is 6.88. The van der Waals surface area contributed by atoms with Crippen LogP contribution in [0.2, 0.25) is 0 Å². The van der Waals surface area contributed by atoms with Gasteiger partial charge in [-0.3, -0.25) is 4.79 Å². The van der Waals surface area contributed by atoms with Crippen LogP contribution in [0.4, 0.5) is 0 Å². The first-order valence-corrected chi connectivity index (χ1v) is 7.62. The van der Waals surface area contributed by atoms with Crippen molar-refractivity contribution in [3.05, 3.63) is 55.3 Å². The lowest BCUT2D eigenvalue weighted by atomic mass is 10.1. The van der Waals surface area contributed by atoms with Gasteiger partial charge in [0.05, 0.1) is 16.4 Å². The minimum atomic E-state index is -0.0538. The van der Waals surface area contributed by atoms with Crippen LogP contribution in [0.15, 0.2) is 29.1 Å². The summed E-state index contributed by atoms with van der Waals surface area (Å²) < 4.78 is 5.90. The summed E-state index contributed by atoms with van der Waals surface area (Å²) >= 11 is 2.06. The SMILES string of the molecule is CCCc1nc(Cc2cccc(OC)c2)[nH]c(=O)c1I. The molecule has 106 valence electrons. The third-order valence-electron chi connectivity index (χ3n) is 2.97. The molecule has 1 N–H and O–H groups in total. The van der Waals surface area contributed by atoms with Crippen LogP contribution in [0, 0.1) is 3.57 Å². The third kappa shape index (κ3) is 3.59. The molecule has 0 aliphatic heterocycles. The van der Waals surface area contributed by atoms with Gasteiger partial charge in [-0.1, -0.05) is 25.5 Å². The van der Waals surface area contributed by atoms with Gasteiger partial charge in [0.25, 0.3) is 5.56 Å². The molecule has 0 amide bonds. The zero-order valence-electron chi connectivity index (χ0n) is 11.6. The highest BCUT2D eigenvalue weighted by atomic mass is 127. The van der Waals surface area contributed by atoms with Gasteiger partial charge in [0, 0.05) is 6.42 Å². The van der Waals surface area contributed by atoms with E-state index in [4.69, 9.17) is 4.74 Å². The lowest BCUT2D eigenvalue weighted by Crippen LogP contribution is -2.18. The molecule has 0 fully saturated rings. The maximum absolute atomic E-state index is 11.9. The van der Waals surface area contributed by atoms with E-state index in [0.29, 0.717) is 15.8 Å². The number of nitrogens with one attached hydrogen (secondary N) is 1. The Balaban J connectivity index is 2.31. The van der Waals surface area contributed by atoms with E-state index in [1.165, 1.54) is 0 Å². The fourth-order valence-electron chi connectivity index (χ4n) is 2.02. The van der Waals surface area contributed by atoms with Gasteiger partial charge in [-0.2, -0.15) is 0 Å². The Morgan fingerprint density at radius 1 is 1.40 bits per heavy atom. The smallest absolute Gasteiger partial charge is 0.264 e. The summed E-state index contributed by atoms with van der Waals surface area (Å²) in [5.41, 5.74) is 1.90. The van der Waals surface area contributed by atoms with E-state index in [-0.39, 0.29) is 5.56 Å². The summed E-state index contributed by atoms with van der Waals surface area (Å²) in [7, 11) is 1.64. The molecule has 2 rings (SSSR count). The van der Waals surface area contributed by atoms with E-state index in [1.54, 1.807) is 7.11 Å². The van der Waals surface area contributed by atoms with Crippen molar-refractivity contribution in [1.29, 1.82) is 0 Å². The second-order valence-corrected chi connectivity index (χ2v) is 5.63. The number of ether oxygens (including phenoxy) is 1. The Morgan fingerprint density at radius 2 is 2.20 bits per heavy atom. The summed E-state index contributed by atoms with van der Waals surface area (Å²) in [5.74, 6) is 1.51. The highest BCUT2D eigenvalue weighted by molar-refractivity contribution is 14.1. The molecule has 20 heavy (non-hydrogen) atoms. The quantitative estimate of drug-likeness (QED) is 0.807. The number of hydrogen-bond donors (Lipinski definition) is 1. The van der Waals surface area contributed by atoms with Crippen LogP contribution in [0.25, 0.3) is 0 Å². The highest BCUT2D eigenvalue weighted by Gasteiger charge is 2.09. The molecule has 0 bridgehead atoms. The zero-order valence-corrected chi connectivity index (χ0v) is 13.7. The summed E-state index contributed by atoms with van der Waals surface area (Å²) in [4.78, 5) is 19.3. The average Bonchev–Trinajstić information content (AvgIpc) is 2.44. The van der Waals surface area contributed by atoms with E-state index < -0.39 is 0 Å². The van der Waals surface area contributed by atoms with Gasteiger partial charge in [0.15, 0.2) is 0 Å². The van der Waals surface area contributed by atoms with E-state index in [9.17, 15) is 4.79 Å². The maximum atomic E-state index is 11.9. The maximum Gasteiger partial charge on any atom is 0.264 e. The molecule has 0 radical (unpaired) electrons. The first-order chi connectivity index (χ1) is 9.63. The molecule has 4 nitrogen and oxygen atoms in total. The predicted molar refractivity (Wildman–Crippen MR) is 87.4 cm³/mol. The molecule has 0 aliphatic carbocycles. The molecule has 1 aromatic heterocycles. The molecule has 5 heteroatoms. The van der Waals surface area contributed by atoms with Crippen molar-refractivity contribution < 1.29 is 4.74 Å². The highest BCUT2D eigenvalue weighted by Crippen LogP contribution is 2.15. The van der Waals surface area contributed by atoms with E-state index in [1.807, 2.05) is 24.3 Å². The summed E-state index contributed by atoms with van der Waals surface area (Å²) in [6, 6.07) is 7.79. The number of methoxy groups -OCH3 is 1. The number of hydrogen-bond acceptors (Lipinski definition) is 3. The molecule has 1 aromatic carbocycles. The lowest BCUT2D eigenvalue weighted by molar-refractivity contribution is 0.414. The lowest BCUT2D eigenvalue weighted by Gasteiger charge is -2.07. The Kier molecular flexibility index (Phi) is 5.17. The molecule has 0 spiro atoms. The van der Waals surface area contributed by atoms with Crippen molar-refractivity contribution in [2.45, 2.75) is 26.2 Å². The average molecular weight is 384 g/mol. The Bertz CT molecular complexity index is 653. The summed E-state index contributed by atoms with van der Waals surface area (Å²) in [6.07, 6.45) is 2.40. The van der Waals surface area contributed by atoms with Gasteiger partial charge >= 0.3 is 0 Å². The van der Waals surface area contributed by atoms with Crippen molar-refractivity contribution >= 4 is 22.6 Å². The van der Waals surface area contributed by atoms with Crippen LogP contribution in [0.1, 0.15) is 30.4 Å². The number of aryl methyl sites for hydroxylation is 1. The van der Waals surface area contributed by atoms with Gasteiger partial charge in [-0.15, -0.1) is 0 Å². The second-order valence-electron chi connectivity index (χ2n) is 4.55. The van der Waals surface area contributed by atoms with Crippen molar-refractivity contribution in [3.63, 3.8) is 0 Å². The van der Waals surface area contributed by atoms with E-state index in [0.717, 1.165) is 29.8 Å². The van der Waals surface area contributed by atoms with Crippen LogP contribution < -0.4 is 10.3 Å². The number of benzene rings is 1. The summed E-state index contributed by atoms with van der Waals surface area (Å²) in [6.45, 7) is 2.08. The van der Waals surface area contributed by atoms with Crippen molar-refractivity contribution in [2.75, 3.05) is 7.11 Å². The van der Waals surface area contributed by atoms with Gasteiger partial charge in [-0.05, 0) is 46.7 Å².